The van der Waals surface area contributed by atoms with Gasteiger partial charge in [-0.05, 0) is 41.3 Å². The molecule has 0 amide bonds. The summed E-state index contributed by atoms with van der Waals surface area (Å²) in [5.74, 6) is 0. The number of imidazole rings is 1. The molecule has 0 N–H and O–H groups in total. The van der Waals surface area contributed by atoms with Gasteiger partial charge in [0.15, 0.2) is 6.10 Å². The second-order valence-electron chi connectivity index (χ2n) is 10.3. The van der Waals surface area contributed by atoms with Crippen LogP contribution in [-0.4, -0.2) is 62.9 Å². The molecule has 0 aromatic carbocycles. The van der Waals surface area contributed by atoms with Gasteiger partial charge in [0.1, 0.15) is 18.5 Å². The molecule has 182 valence electrons. The summed E-state index contributed by atoms with van der Waals surface area (Å²) < 4.78 is 35.5. The topological polar surface area (TPSA) is 64.0 Å². The molecule has 1 aromatic heterocycles. The summed E-state index contributed by atoms with van der Waals surface area (Å²) in [5.41, 5.74) is 1.08. The summed E-state index contributed by atoms with van der Waals surface area (Å²) in [6, 6.07) is 0. The number of nitrogens with zero attached hydrogens (tertiary/aromatic N) is 2. The van der Waals surface area contributed by atoms with Crippen molar-refractivity contribution in [2.24, 2.45) is 0 Å². The van der Waals surface area contributed by atoms with E-state index in [1.54, 1.807) is 23.3 Å². The van der Waals surface area contributed by atoms with Crippen LogP contribution in [0.3, 0.4) is 0 Å². The summed E-state index contributed by atoms with van der Waals surface area (Å²) >= 11 is 5.53. The Kier molecular flexibility index (Phi) is 8.06. The van der Waals surface area contributed by atoms with E-state index in [0.717, 1.165) is 0 Å². The van der Waals surface area contributed by atoms with E-state index in [1.807, 2.05) is 6.92 Å². The number of fused-ring (bicyclic) bond motifs is 1. The molecule has 2 aliphatic heterocycles. The zero-order valence-corrected chi connectivity index (χ0v) is 23.7. The predicted octanol–water partition coefficient (Wildman–Crippen LogP) is 5.15. The maximum absolute atomic E-state index is 7.26. The Bertz CT molecular complexity index is 758. The van der Waals surface area contributed by atoms with Crippen molar-refractivity contribution in [3.05, 3.63) is 18.7 Å². The van der Waals surface area contributed by atoms with E-state index in [4.69, 9.17) is 34.7 Å². The number of rotatable bonds is 5. The van der Waals surface area contributed by atoms with Crippen LogP contribution in [-0.2, 0) is 22.4 Å². The largest absolute Gasteiger partial charge is 0.462 e. The van der Waals surface area contributed by atoms with Gasteiger partial charge in [-0.3, -0.25) is 4.57 Å². The second-order valence-corrected chi connectivity index (χ2v) is 19.4. The molecule has 3 rings (SSSR count). The molecule has 4 unspecified atom stereocenters. The number of hydrogen-bond acceptors (Lipinski definition) is 7. The lowest BCUT2D eigenvalue weighted by molar-refractivity contribution is -0.0359. The molecule has 2 aliphatic rings. The minimum Gasteiger partial charge on any atom is -0.462 e. The van der Waals surface area contributed by atoms with Crippen molar-refractivity contribution in [1.82, 2.24) is 9.55 Å². The zero-order chi connectivity index (χ0) is 23.8. The normalized spacial score (nSPS) is 29.9. The van der Waals surface area contributed by atoms with Crippen molar-refractivity contribution in [3.8, 4) is 0 Å². The standard InChI is InChI=1S/C22H40N2O5SSi2/c1-14(2)31(15(3)4)25-12-19-21(28-32(29-31,16(5)6)17(7)8)20(18(9)26-19)27-22(30)24-11-10-23-13-24/h10-11,13-21H,12H2,1-9H3. The van der Waals surface area contributed by atoms with Gasteiger partial charge < -0.3 is 22.4 Å². The Hall–Kier alpha value is -0.626. The molecule has 2 saturated heterocycles. The van der Waals surface area contributed by atoms with E-state index in [-0.39, 0.29) is 35.5 Å². The quantitative estimate of drug-likeness (QED) is 0.409. The predicted molar refractivity (Wildman–Crippen MR) is 133 cm³/mol. The summed E-state index contributed by atoms with van der Waals surface area (Å²) in [5, 5.41) is 0.338. The number of ether oxygens (including phenoxy) is 2. The van der Waals surface area contributed by atoms with Gasteiger partial charge in [0.05, 0.1) is 12.7 Å². The van der Waals surface area contributed by atoms with Crippen LogP contribution >= 0.6 is 12.2 Å². The molecule has 0 radical (unpaired) electrons. The van der Waals surface area contributed by atoms with Crippen molar-refractivity contribution in [2.75, 3.05) is 6.61 Å². The Balaban J connectivity index is 1.99. The SMILES string of the molecule is CC1OC2CO[Si](C(C)C)(C(C)C)O[Si](C(C)C)(C(C)C)OC2C1OC(=S)n1ccnc1. The van der Waals surface area contributed by atoms with Gasteiger partial charge in [0.25, 0.3) is 5.17 Å². The lowest BCUT2D eigenvalue weighted by Crippen LogP contribution is -2.66. The molecule has 10 heteroatoms. The van der Waals surface area contributed by atoms with Gasteiger partial charge in [-0.1, -0.05) is 55.4 Å². The van der Waals surface area contributed by atoms with Crippen molar-refractivity contribution in [1.29, 1.82) is 0 Å². The lowest BCUT2D eigenvalue weighted by atomic mass is 10.1. The van der Waals surface area contributed by atoms with Crippen molar-refractivity contribution in [2.45, 2.75) is 109 Å². The van der Waals surface area contributed by atoms with Crippen LogP contribution in [0.5, 0.6) is 0 Å². The Labute approximate surface area is 200 Å². The molecule has 0 spiro atoms. The highest BCUT2D eigenvalue weighted by Crippen LogP contribution is 2.47. The average Bonchev–Trinajstić information content (AvgIpc) is 3.31. The highest BCUT2D eigenvalue weighted by molar-refractivity contribution is 7.80. The van der Waals surface area contributed by atoms with Crippen molar-refractivity contribution < 1.29 is 22.4 Å². The molecule has 0 aliphatic carbocycles. The maximum Gasteiger partial charge on any atom is 0.335 e. The van der Waals surface area contributed by atoms with Gasteiger partial charge >= 0.3 is 17.1 Å². The van der Waals surface area contributed by atoms with E-state index in [0.29, 0.717) is 22.9 Å². The second kappa shape index (κ2) is 9.93. The van der Waals surface area contributed by atoms with E-state index >= 15 is 0 Å². The van der Waals surface area contributed by atoms with Crippen LogP contribution in [0, 0.1) is 0 Å². The molecule has 0 bridgehead atoms. The minimum atomic E-state index is -2.74. The van der Waals surface area contributed by atoms with Crippen LogP contribution < -0.4 is 0 Å². The number of thiocarbonyl (C=S) groups is 1. The van der Waals surface area contributed by atoms with Crippen molar-refractivity contribution >= 4 is 34.5 Å². The third-order valence-corrected chi connectivity index (χ3v) is 17.4. The zero-order valence-electron chi connectivity index (χ0n) is 20.9. The summed E-state index contributed by atoms with van der Waals surface area (Å²) in [6.45, 7) is 20.2. The van der Waals surface area contributed by atoms with Crippen LogP contribution in [0.15, 0.2) is 18.7 Å². The van der Waals surface area contributed by atoms with Crippen LogP contribution in [0.4, 0.5) is 0 Å². The first kappa shape index (κ1) is 26.0. The van der Waals surface area contributed by atoms with Gasteiger partial charge in [-0.25, -0.2) is 4.98 Å². The Morgan fingerprint density at radius 3 is 2.12 bits per heavy atom. The third-order valence-electron chi connectivity index (χ3n) is 6.83. The molecule has 3 heterocycles. The minimum absolute atomic E-state index is 0.187. The average molecular weight is 501 g/mol. The van der Waals surface area contributed by atoms with Crippen LogP contribution in [0.1, 0.15) is 62.3 Å². The van der Waals surface area contributed by atoms with Crippen molar-refractivity contribution in [3.63, 3.8) is 0 Å². The number of hydrogen-bond donors (Lipinski definition) is 0. The Morgan fingerprint density at radius 2 is 1.62 bits per heavy atom. The lowest BCUT2D eigenvalue weighted by Gasteiger charge is -2.51. The van der Waals surface area contributed by atoms with Gasteiger partial charge in [0, 0.05) is 12.4 Å². The fourth-order valence-corrected chi connectivity index (χ4v) is 16.5. The fraction of sp³-hybridized carbons (Fsp3) is 0.818. The summed E-state index contributed by atoms with van der Waals surface area (Å²) in [4.78, 5) is 4.07. The molecule has 7 nitrogen and oxygen atoms in total. The molecule has 32 heavy (non-hydrogen) atoms. The first-order chi connectivity index (χ1) is 14.9. The molecule has 0 saturated carbocycles. The summed E-state index contributed by atoms with van der Waals surface area (Å²) in [6.07, 6.45) is 4.02. The monoisotopic (exact) mass is 500 g/mol. The van der Waals surface area contributed by atoms with E-state index in [2.05, 4.69) is 60.4 Å². The van der Waals surface area contributed by atoms with Crippen LogP contribution in [0.25, 0.3) is 0 Å². The van der Waals surface area contributed by atoms with Gasteiger partial charge in [-0.15, -0.1) is 0 Å². The molecule has 1 aromatic rings. The summed E-state index contributed by atoms with van der Waals surface area (Å²) in [7, 11) is -5.32. The molecular formula is C22H40N2O5SSi2. The highest BCUT2D eigenvalue weighted by Gasteiger charge is 2.61. The smallest absolute Gasteiger partial charge is 0.335 e. The Morgan fingerprint density at radius 1 is 1.03 bits per heavy atom. The van der Waals surface area contributed by atoms with Crippen LogP contribution in [0.2, 0.25) is 22.2 Å². The van der Waals surface area contributed by atoms with E-state index < -0.39 is 17.1 Å². The first-order valence-electron chi connectivity index (χ1n) is 11.8. The molecular weight excluding hydrogens is 460 g/mol. The third kappa shape index (κ3) is 4.64. The number of aromatic nitrogens is 2. The first-order valence-corrected chi connectivity index (χ1v) is 16.2. The van der Waals surface area contributed by atoms with Gasteiger partial charge in [0.2, 0.25) is 0 Å². The van der Waals surface area contributed by atoms with E-state index in [1.165, 1.54) is 0 Å². The van der Waals surface area contributed by atoms with E-state index in [9.17, 15) is 0 Å². The fourth-order valence-electron chi connectivity index (χ4n) is 5.03. The molecule has 2 fully saturated rings. The van der Waals surface area contributed by atoms with Gasteiger partial charge in [-0.2, -0.15) is 0 Å². The molecule has 4 atom stereocenters. The highest BCUT2D eigenvalue weighted by atomic mass is 32.1. The maximum atomic E-state index is 7.26.